The van der Waals surface area contributed by atoms with E-state index < -0.39 is 0 Å². The molecule has 1 heterocycles. The van der Waals surface area contributed by atoms with Gasteiger partial charge in [-0.15, -0.1) is 0 Å². The molecule has 1 fully saturated rings. The number of hydrogen-bond donors (Lipinski definition) is 2. The van der Waals surface area contributed by atoms with Gasteiger partial charge in [0.1, 0.15) is 11.6 Å². The first-order valence-corrected chi connectivity index (χ1v) is 8.41. The van der Waals surface area contributed by atoms with Gasteiger partial charge >= 0.3 is 0 Å². The molecule has 19 heavy (non-hydrogen) atoms. The maximum atomic E-state index is 4.55. The van der Waals surface area contributed by atoms with Crippen LogP contribution >= 0.6 is 11.8 Å². The Kier molecular flexibility index (Phi) is 5.76. The lowest BCUT2D eigenvalue weighted by Gasteiger charge is -2.22. The Morgan fingerprint density at radius 3 is 2.32 bits per heavy atom. The van der Waals surface area contributed by atoms with Crippen LogP contribution in [0.4, 0.5) is 11.6 Å². The molecule has 4 nitrogen and oxygen atoms in total. The van der Waals surface area contributed by atoms with Crippen molar-refractivity contribution in [3.05, 3.63) is 6.07 Å². The van der Waals surface area contributed by atoms with Crippen molar-refractivity contribution in [3.63, 3.8) is 0 Å². The summed E-state index contributed by atoms with van der Waals surface area (Å²) in [5.74, 6) is 1.84. The highest BCUT2D eigenvalue weighted by molar-refractivity contribution is 7.98. The van der Waals surface area contributed by atoms with E-state index in [1.54, 1.807) is 11.8 Å². The molecule has 1 aromatic heterocycles. The normalized spacial score (nSPS) is 17.6. The van der Waals surface area contributed by atoms with E-state index in [1.165, 1.54) is 44.9 Å². The summed E-state index contributed by atoms with van der Waals surface area (Å²) in [4.78, 5) is 8.95. The van der Waals surface area contributed by atoms with Gasteiger partial charge in [0.05, 0.1) is 0 Å². The zero-order valence-electron chi connectivity index (χ0n) is 11.9. The van der Waals surface area contributed by atoms with Crippen LogP contribution in [-0.4, -0.2) is 29.3 Å². The summed E-state index contributed by atoms with van der Waals surface area (Å²) in [6.45, 7) is 0. The highest BCUT2D eigenvalue weighted by atomic mass is 32.2. The van der Waals surface area contributed by atoms with Crippen LogP contribution in [0.3, 0.4) is 0 Å². The lowest BCUT2D eigenvalue weighted by molar-refractivity contribution is 0.470. The zero-order valence-corrected chi connectivity index (χ0v) is 12.7. The molecular weight excluding hydrogens is 256 g/mol. The Hall–Kier alpha value is -0.970. The molecule has 0 radical (unpaired) electrons. The van der Waals surface area contributed by atoms with Gasteiger partial charge in [-0.25, -0.2) is 9.97 Å². The largest absolute Gasteiger partial charge is 0.373 e. The summed E-state index contributed by atoms with van der Waals surface area (Å²) in [5, 5.41) is 7.51. The van der Waals surface area contributed by atoms with Crippen molar-refractivity contribution in [2.45, 2.75) is 56.1 Å². The Morgan fingerprint density at radius 2 is 1.68 bits per heavy atom. The van der Waals surface area contributed by atoms with Gasteiger partial charge in [0.25, 0.3) is 0 Å². The van der Waals surface area contributed by atoms with Crippen molar-refractivity contribution in [1.82, 2.24) is 9.97 Å². The summed E-state index contributed by atoms with van der Waals surface area (Å²) < 4.78 is 0. The van der Waals surface area contributed by atoms with Crippen LogP contribution in [0.2, 0.25) is 0 Å². The smallest absolute Gasteiger partial charge is 0.191 e. The van der Waals surface area contributed by atoms with E-state index in [2.05, 4.69) is 20.6 Å². The van der Waals surface area contributed by atoms with Crippen LogP contribution in [0.5, 0.6) is 0 Å². The van der Waals surface area contributed by atoms with E-state index in [1.807, 2.05) is 19.4 Å². The molecule has 0 aliphatic heterocycles. The van der Waals surface area contributed by atoms with Gasteiger partial charge in [-0.05, 0) is 19.1 Å². The molecule has 1 aliphatic rings. The highest BCUT2D eigenvalue weighted by Gasteiger charge is 2.12. The van der Waals surface area contributed by atoms with Crippen molar-refractivity contribution in [2.75, 3.05) is 23.9 Å². The summed E-state index contributed by atoms with van der Waals surface area (Å²) in [5.41, 5.74) is 0. The third-order valence-corrected chi connectivity index (χ3v) is 4.15. The number of thioether (sulfide) groups is 1. The number of rotatable bonds is 4. The van der Waals surface area contributed by atoms with Crippen molar-refractivity contribution in [3.8, 4) is 0 Å². The molecule has 1 aliphatic carbocycles. The molecule has 5 heteroatoms. The van der Waals surface area contributed by atoms with Crippen LogP contribution in [0.1, 0.15) is 44.9 Å². The standard InChI is InChI=1S/C14H24N4S/c1-15-12-10-13(18-14(17-12)19-2)16-11-8-6-4-3-5-7-9-11/h10-11H,3-9H2,1-2H3,(H2,15,16,17,18). The number of nitrogens with zero attached hydrogens (tertiary/aromatic N) is 2. The molecule has 0 spiro atoms. The predicted octanol–water partition coefficient (Wildman–Crippen LogP) is 3.77. The summed E-state index contributed by atoms with van der Waals surface area (Å²) in [6.07, 6.45) is 11.3. The van der Waals surface area contributed by atoms with Crippen molar-refractivity contribution < 1.29 is 0 Å². The van der Waals surface area contributed by atoms with Gasteiger partial charge in [0.2, 0.25) is 0 Å². The molecule has 0 saturated heterocycles. The fourth-order valence-electron chi connectivity index (χ4n) is 2.53. The molecule has 0 atom stereocenters. The monoisotopic (exact) mass is 280 g/mol. The number of nitrogens with one attached hydrogen (secondary N) is 2. The first-order chi connectivity index (χ1) is 9.31. The maximum absolute atomic E-state index is 4.55. The number of aromatic nitrogens is 2. The van der Waals surface area contributed by atoms with Crippen LogP contribution in [-0.2, 0) is 0 Å². The minimum Gasteiger partial charge on any atom is -0.373 e. The van der Waals surface area contributed by atoms with E-state index in [0.29, 0.717) is 6.04 Å². The van der Waals surface area contributed by atoms with E-state index in [9.17, 15) is 0 Å². The average Bonchev–Trinajstić information content (AvgIpc) is 2.41. The molecule has 0 unspecified atom stereocenters. The SMILES string of the molecule is CNc1cc(NC2CCCCCCC2)nc(SC)n1. The van der Waals surface area contributed by atoms with E-state index >= 15 is 0 Å². The molecule has 1 saturated carbocycles. The van der Waals surface area contributed by atoms with Gasteiger partial charge in [-0.1, -0.05) is 43.9 Å². The van der Waals surface area contributed by atoms with E-state index in [0.717, 1.165) is 16.8 Å². The lowest BCUT2D eigenvalue weighted by Crippen LogP contribution is -2.21. The summed E-state index contributed by atoms with van der Waals surface area (Å²) in [7, 11) is 1.89. The van der Waals surface area contributed by atoms with Crippen LogP contribution < -0.4 is 10.6 Å². The highest BCUT2D eigenvalue weighted by Crippen LogP contribution is 2.22. The molecule has 1 aromatic rings. The molecular formula is C14H24N4S. The quantitative estimate of drug-likeness (QED) is 0.649. The van der Waals surface area contributed by atoms with Gasteiger partial charge in [-0.3, -0.25) is 0 Å². The zero-order chi connectivity index (χ0) is 13.5. The first-order valence-electron chi connectivity index (χ1n) is 7.19. The van der Waals surface area contributed by atoms with Gasteiger partial charge in [0.15, 0.2) is 5.16 Å². The Bertz CT molecular complexity index is 367. The van der Waals surface area contributed by atoms with Crippen LogP contribution in [0, 0.1) is 0 Å². The molecule has 0 aromatic carbocycles. The minimum atomic E-state index is 0.564. The summed E-state index contributed by atoms with van der Waals surface area (Å²) in [6, 6.07) is 2.56. The number of hydrogen-bond acceptors (Lipinski definition) is 5. The second kappa shape index (κ2) is 7.58. The van der Waals surface area contributed by atoms with Crippen molar-refractivity contribution in [2.24, 2.45) is 0 Å². The first kappa shape index (κ1) is 14.4. The molecule has 0 bridgehead atoms. The number of anilines is 2. The van der Waals surface area contributed by atoms with E-state index in [-0.39, 0.29) is 0 Å². The van der Waals surface area contributed by atoms with Gasteiger partial charge in [0, 0.05) is 19.2 Å². The van der Waals surface area contributed by atoms with Crippen LogP contribution in [0.15, 0.2) is 11.2 Å². The average molecular weight is 280 g/mol. The Morgan fingerprint density at radius 1 is 1.05 bits per heavy atom. The van der Waals surface area contributed by atoms with E-state index in [4.69, 9.17) is 0 Å². The van der Waals surface area contributed by atoms with Crippen molar-refractivity contribution >= 4 is 23.4 Å². The third kappa shape index (κ3) is 4.56. The maximum Gasteiger partial charge on any atom is 0.191 e. The molecule has 2 rings (SSSR count). The Labute approximate surface area is 120 Å². The lowest BCUT2D eigenvalue weighted by atomic mass is 9.97. The Balaban J connectivity index is 2.03. The molecule has 106 valence electrons. The minimum absolute atomic E-state index is 0.564. The summed E-state index contributed by atoms with van der Waals surface area (Å²) >= 11 is 1.58. The molecule has 0 amide bonds. The fourth-order valence-corrected chi connectivity index (χ4v) is 2.91. The van der Waals surface area contributed by atoms with Crippen molar-refractivity contribution in [1.29, 1.82) is 0 Å². The fraction of sp³-hybridized carbons (Fsp3) is 0.714. The third-order valence-electron chi connectivity index (χ3n) is 3.60. The second-order valence-electron chi connectivity index (χ2n) is 5.06. The second-order valence-corrected chi connectivity index (χ2v) is 5.83. The molecule has 2 N–H and O–H groups in total. The predicted molar refractivity (Wildman–Crippen MR) is 83.1 cm³/mol. The topological polar surface area (TPSA) is 49.8 Å². The van der Waals surface area contributed by atoms with Crippen LogP contribution in [0.25, 0.3) is 0 Å². The van der Waals surface area contributed by atoms with Gasteiger partial charge < -0.3 is 10.6 Å². The van der Waals surface area contributed by atoms with Gasteiger partial charge in [-0.2, -0.15) is 0 Å².